The van der Waals surface area contributed by atoms with Crippen molar-refractivity contribution >= 4 is 23.8 Å². The smallest absolute Gasteiger partial charge is 0.411 e. The number of Topliss-reactive ketones (excluding diaryl/α,β-unsaturated/α-hetero) is 1. The van der Waals surface area contributed by atoms with Crippen LogP contribution in [0.4, 0.5) is 4.79 Å². The fourth-order valence-corrected chi connectivity index (χ4v) is 7.65. The molecule has 0 bridgehead atoms. The lowest BCUT2D eigenvalue weighted by molar-refractivity contribution is -0.266. The minimum atomic E-state index is -1.41. The number of hydrogen-bond acceptors (Lipinski definition) is 13. The first-order valence-corrected chi connectivity index (χ1v) is 18.2. The van der Waals surface area contributed by atoms with Crippen LogP contribution in [0.25, 0.3) is 0 Å². The molecule has 12 atom stereocenters. The molecule has 2 rings (SSSR count). The summed E-state index contributed by atoms with van der Waals surface area (Å²) in [6.45, 7) is 16.3. The lowest BCUT2D eigenvalue weighted by Gasteiger charge is -2.43. The van der Waals surface area contributed by atoms with E-state index >= 15 is 0 Å². The van der Waals surface area contributed by atoms with Gasteiger partial charge in [0.15, 0.2) is 17.7 Å². The van der Waals surface area contributed by atoms with E-state index in [1.165, 1.54) is 18.9 Å². The standard InChI is InChI=1S/C36H65N3O11/c1-13-25(38(10)11)28(41)33(46-15-3)49-30-22(5)27(40)23(6)32(43)48-26(14-2)36(9)29(39(34(44)50-36)19-17-16-18-37)24(7)47-31(42)21(4)20-35(30,8)45-12/h21-26,28-30,33,41H,13-20,37H2,1-12H3/t21-,22+,23-,24-,25?,26-,28?,29-,30-,33+,35-,36-/m1/s1. The van der Waals surface area contributed by atoms with Crippen molar-refractivity contribution < 1.29 is 52.7 Å². The highest BCUT2D eigenvalue weighted by molar-refractivity contribution is 6.00. The molecular weight excluding hydrogens is 650 g/mol. The molecule has 290 valence electrons. The molecule has 0 aromatic heterocycles. The van der Waals surface area contributed by atoms with Crippen molar-refractivity contribution in [1.29, 1.82) is 0 Å². The first kappa shape index (κ1) is 43.8. The van der Waals surface area contributed by atoms with Gasteiger partial charge in [-0.1, -0.05) is 27.7 Å². The molecule has 50 heavy (non-hydrogen) atoms. The monoisotopic (exact) mass is 715 g/mol. The number of carbonyl (C=O) groups is 4. The number of likely N-dealkylation sites (N-methyl/N-ethyl adjacent to an activating group) is 1. The minimum absolute atomic E-state index is 0.0468. The summed E-state index contributed by atoms with van der Waals surface area (Å²) in [5.41, 5.74) is 3.00. The van der Waals surface area contributed by atoms with Crippen LogP contribution in [0.15, 0.2) is 0 Å². The van der Waals surface area contributed by atoms with Gasteiger partial charge in [-0.05, 0) is 87.4 Å². The molecule has 2 heterocycles. The number of amides is 1. The fraction of sp³-hybridized carbons (Fsp3) is 0.889. The molecule has 3 N–H and O–H groups in total. The summed E-state index contributed by atoms with van der Waals surface area (Å²) in [6, 6.07) is -1.15. The average molecular weight is 716 g/mol. The Morgan fingerprint density at radius 2 is 1.66 bits per heavy atom. The number of hydrogen-bond donors (Lipinski definition) is 2. The summed E-state index contributed by atoms with van der Waals surface area (Å²) >= 11 is 0. The van der Waals surface area contributed by atoms with E-state index in [1.54, 1.807) is 48.5 Å². The van der Waals surface area contributed by atoms with E-state index in [1.807, 2.05) is 25.9 Å². The highest BCUT2D eigenvalue weighted by Crippen LogP contribution is 2.40. The number of nitrogens with zero attached hydrogens (tertiary/aromatic N) is 2. The third kappa shape index (κ3) is 9.74. The van der Waals surface area contributed by atoms with Crippen LogP contribution in [-0.4, -0.2) is 134 Å². The average Bonchev–Trinajstić information content (AvgIpc) is 3.33. The van der Waals surface area contributed by atoms with Crippen molar-refractivity contribution in [2.75, 3.05) is 40.9 Å². The molecule has 2 unspecified atom stereocenters. The predicted octanol–water partition coefficient (Wildman–Crippen LogP) is 3.29. The van der Waals surface area contributed by atoms with Crippen molar-refractivity contribution in [1.82, 2.24) is 9.80 Å². The van der Waals surface area contributed by atoms with E-state index in [0.717, 1.165) is 0 Å². The number of methoxy groups -OCH3 is 1. The Morgan fingerprint density at radius 1 is 1.02 bits per heavy atom. The highest BCUT2D eigenvalue weighted by atomic mass is 16.7. The Kier molecular flexibility index (Phi) is 16.6. The third-order valence-corrected chi connectivity index (χ3v) is 10.6. The Labute approximate surface area is 298 Å². The SMILES string of the molecule is CCO[C@@H](O[C@@H]1[C@@H](C)C(=O)[C@@H](C)C(=O)O[C@H](CC)[C@@]2(C)OC(=O)N(CCCCN)[C@@H]2[C@@H](C)OC(=O)[C@H](C)C[C@@]1(C)OC)C(O)C(CC)N(C)C. The van der Waals surface area contributed by atoms with Gasteiger partial charge in [-0.15, -0.1) is 0 Å². The molecule has 0 spiro atoms. The quantitative estimate of drug-likeness (QED) is 0.0882. The third-order valence-electron chi connectivity index (χ3n) is 10.6. The first-order valence-electron chi connectivity index (χ1n) is 18.2. The summed E-state index contributed by atoms with van der Waals surface area (Å²) in [5, 5.41) is 11.5. The molecule has 14 heteroatoms. The van der Waals surface area contributed by atoms with Crippen molar-refractivity contribution in [3.8, 4) is 0 Å². The maximum absolute atomic E-state index is 14.2. The summed E-state index contributed by atoms with van der Waals surface area (Å²) in [6.07, 6.45) is -3.68. The second-order valence-corrected chi connectivity index (χ2v) is 14.5. The van der Waals surface area contributed by atoms with Gasteiger partial charge in [0.1, 0.15) is 30.3 Å². The molecule has 0 aliphatic carbocycles. The van der Waals surface area contributed by atoms with Gasteiger partial charge in [-0.3, -0.25) is 19.3 Å². The molecule has 0 aromatic rings. The molecule has 14 nitrogen and oxygen atoms in total. The van der Waals surface area contributed by atoms with E-state index in [0.29, 0.717) is 32.4 Å². The Hall–Kier alpha value is -2.36. The summed E-state index contributed by atoms with van der Waals surface area (Å²) in [5.74, 6) is -4.85. The summed E-state index contributed by atoms with van der Waals surface area (Å²) < 4.78 is 36.6. The molecule has 2 saturated heterocycles. The van der Waals surface area contributed by atoms with Crippen LogP contribution in [0, 0.1) is 17.8 Å². The van der Waals surface area contributed by atoms with Crippen LogP contribution in [0.1, 0.15) is 94.4 Å². The topological polar surface area (TPSA) is 176 Å². The molecular formula is C36H65N3O11. The number of carbonyl (C=O) groups excluding carboxylic acids is 4. The van der Waals surface area contributed by atoms with Crippen LogP contribution in [-0.2, 0) is 42.8 Å². The lowest BCUT2D eigenvalue weighted by Crippen LogP contribution is -2.58. The second kappa shape index (κ2) is 18.9. The molecule has 2 aliphatic heterocycles. The predicted molar refractivity (Wildman–Crippen MR) is 186 cm³/mol. The molecule has 0 saturated carbocycles. The molecule has 2 fully saturated rings. The Bertz CT molecular complexity index is 1140. The zero-order valence-electron chi connectivity index (χ0n) is 32.4. The Balaban J connectivity index is 2.70. The summed E-state index contributed by atoms with van der Waals surface area (Å²) in [4.78, 5) is 58.6. The van der Waals surface area contributed by atoms with Crippen molar-refractivity contribution in [3.05, 3.63) is 0 Å². The van der Waals surface area contributed by atoms with E-state index in [-0.39, 0.29) is 25.5 Å². The van der Waals surface area contributed by atoms with Gasteiger partial charge in [0.05, 0.1) is 17.6 Å². The number of ketones is 1. The van der Waals surface area contributed by atoms with E-state index < -0.39 is 89.5 Å². The maximum Gasteiger partial charge on any atom is 0.411 e. The normalized spacial score (nSPS) is 35.0. The minimum Gasteiger partial charge on any atom is -0.460 e. The van der Waals surface area contributed by atoms with Crippen LogP contribution in [0.3, 0.4) is 0 Å². The van der Waals surface area contributed by atoms with Gasteiger partial charge in [-0.25, -0.2) is 4.79 Å². The number of rotatable bonds is 14. The van der Waals surface area contributed by atoms with Gasteiger partial charge in [0.2, 0.25) is 0 Å². The Morgan fingerprint density at radius 3 is 2.18 bits per heavy atom. The van der Waals surface area contributed by atoms with Crippen LogP contribution >= 0.6 is 0 Å². The number of esters is 2. The second-order valence-electron chi connectivity index (χ2n) is 14.5. The van der Waals surface area contributed by atoms with Gasteiger partial charge in [-0.2, -0.15) is 0 Å². The van der Waals surface area contributed by atoms with Gasteiger partial charge in [0, 0.05) is 32.2 Å². The number of ether oxygens (including phenoxy) is 6. The van der Waals surface area contributed by atoms with E-state index in [4.69, 9.17) is 34.2 Å². The zero-order valence-corrected chi connectivity index (χ0v) is 32.4. The van der Waals surface area contributed by atoms with Crippen LogP contribution in [0.2, 0.25) is 0 Å². The number of aliphatic hydroxyl groups is 1. The summed E-state index contributed by atoms with van der Waals surface area (Å²) in [7, 11) is 5.14. The number of cyclic esters (lactones) is 2. The lowest BCUT2D eigenvalue weighted by atomic mass is 9.78. The van der Waals surface area contributed by atoms with Gasteiger partial charge in [0.25, 0.3) is 0 Å². The molecule has 2 aliphatic rings. The van der Waals surface area contributed by atoms with Crippen molar-refractivity contribution in [2.24, 2.45) is 23.5 Å². The number of aliphatic hydroxyl groups excluding tert-OH is 1. The van der Waals surface area contributed by atoms with Gasteiger partial charge < -0.3 is 44.2 Å². The molecule has 0 aromatic carbocycles. The van der Waals surface area contributed by atoms with Gasteiger partial charge >= 0.3 is 18.0 Å². The van der Waals surface area contributed by atoms with Crippen molar-refractivity contribution in [2.45, 2.75) is 148 Å². The number of unbranched alkanes of at least 4 members (excludes halogenated alkanes) is 1. The van der Waals surface area contributed by atoms with Crippen LogP contribution < -0.4 is 5.73 Å². The largest absolute Gasteiger partial charge is 0.460 e. The number of nitrogens with two attached hydrogens (primary N) is 1. The fourth-order valence-electron chi connectivity index (χ4n) is 7.65. The van der Waals surface area contributed by atoms with E-state index in [2.05, 4.69) is 0 Å². The number of fused-ring (bicyclic) bond motifs is 1. The molecule has 0 radical (unpaired) electrons. The van der Waals surface area contributed by atoms with Crippen LogP contribution in [0.5, 0.6) is 0 Å². The van der Waals surface area contributed by atoms with E-state index in [9.17, 15) is 24.3 Å². The first-order chi connectivity index (χ1) is 23.4. The van der Waals surface area contributed by atoms with Crippen molar-refractivity contribution in [3.63, 3.8) is 0 Å². The molecule has 1 amide bonds. The zero-order chi connectivity index (χ0) is 38.1. The maximum atomic E-state index is 14.2. The highest BCUT2D eigenvalue weighted by Gasteiger charge is 2.60.